The Kier molecular flexibility index (Phi) is 7.56. The van der Waals surface area contributed by atoms with Gasteiger partial charge in [0, 0.05) is 23.8 Å². The number of esters is 1. The molecule has 2 aliphatic heterocycles. The molecule has 0 radical (unpaired) electrons. The van der Waals surface area contributed by atoms with Crippen molar-refractivity contribution in [1.82, 2.24) is 15.1 Å². The van der Waals surface area contributed by atoms with Crippen LogP contribution in [0.2, 0.25) is 5.02 Å². The van der Waals surface area contributed by atoms with E-state index in [-0.39, 0.29) is 12.6 Å². The zero-order chi connectivity index (χ0) is 21.7. The van der Waals surface area contributed by atoms with E-state index in [1.165, 1.54) is 0 Å². The zero-order valence-electron chi connectivity index (χ0n) is 17.7. The van der Waals surface area contributed by atoms with E-state index in [0.717, 1.165) is 31.5 Å². The van der Waals surface area contributed by atoms with Crippen molar-refractivity contribution < 1.29 is 14.3 Å². The zero-order valence-corrected chi connectivity index (χ0v) is 18.5. The van der Waals surface area contributed by atoms with Crippen LogP contribution < -0.4 is 5.32 Å². The highest BCUT2D eigenvalue weighted by Gasteiger charge is 2.38. The van der Waals surface area contributed by atoms with Gasteiger partial charge in [-0.1, -0.05) is 36.7 Å². The van der Waals surface area contributed by atoms with Crippen LogP contribution in [0.5, 0.6) is 0 Å². The first-order valence-electron chi connectivity index (χ1n) is 10.5. The van der Waals surface area contributed by atoms with Crippen molar-refractivity contribution in [3.8, 4) is 0 Å². The Morgan fingerprint density at radius 2 is 1.97 bits per heavy atom. The van der Waals surface area contributed by atoms with Crippen molar-refractivity contribution in [3.05, 3.63) is 58.8 Å². The second-order valence-electron chi connectivity index (χ2n) is 7.87. The number of ether oxygens (including phenoxy) is 1. The molecule has 1 fully saturated rings. The van der Waals surface area contributed by atoms with E-state index in [1.54, 1.807) is 30.0 Å². The molecule has 1 aromatic rings. The molecule has 1 unspecified atom stereocenters. The van der Waals surface area contributed by atoms with Crippen LogP contribution >= 0.6 is 11.6 Å². The summed E-state index contributed by atoms with van der Waals surface area (Å²) in [4.78, 5) is 30.0. The Morgan fingerprint density at radius 3 is 2.57 bits per heavy atom. The number of hydrogen-bond donors (Lipinski definition) is 1. The predicted molar refractivity (Wildman–Crippen MR) is 118 cm³/mol. The normalized spacial score (nSPS) is 20.8. The van der Waals surface area contributed by atoms with Crippen LogP contribution in [0, 0.1) is 5.92 Å². The Balaban J connectivity index is 2.06. The van der Waals surface area contributed by atoms with E-state index in [0.29, 0.717) is 35.3 Å². The Hall–Kier alpha value is -2.31. The summed E-state index contributed by atoms with van der Waals surface area (Å²) in [7, 11) is 0. The van der Waals surface area contributed by atoms with Gasteiger partial charge in [0.1, 0.15) is 0 Å². The summed E-state index contributed by atoms with van der Waals surface area (Å²) in [5.41, 5.74) is 1.95. The summed E-state index contributed by atoms with van der Waals surface area (Å²) in [6, 6.07) is 6.34. The summed E-state index contributed by atoms with van der Waals surface area (Å²) in [6.07, 6.45) is 3.88. The molecule has 1 atom stereocenters. The van der Waals surface area contributed by atoms with Crippen molar-refractivity contribution in [2.45, 2.75) is 32.7 Å². The van der Waals surface area contributed by atoms with E-state index in [2.05, 4.69) is 23.7 Å². The van der Waals surface area contributed by atoms with Gasteiger partial charge in [-0.05, 0) is 56.5 Å². The first-order chi connectivity index (χ1) is 14.4. The second-order valence-corrected chi connectivity index (χ2v) is 8.31. The fourth-order valence-corrected chi connectivity index (χ4v) is 4.11. The molecule has 2 aliphatic rings. The molecule has 2 heterocycles. The van der Waals surface area contributed by atoms with E-state index in [1.807, 2.05) is 12.1 Å². The van der Waals surface area contributed by atoms with Gasteiger partial charge in [-0.25, -0.2) is 9.59 Å². The number of carbonyl (C=O) groups excluding carboxylic acids is 2. The first-order valence-corrected chi connectivity index (χ1v) is 10.9. The minimum absolute atomic E-state index is 0.247. The third-order valence-electron chi connectivity index (χ3n) is 5.70. The average Bonchev–Trinajstić information content (AvgIpc) is 2.72. The summed E-state index contributed by atoms with van der Waals surface area (Å²) < 4.78 is 5.41. The van der Waals surface area contributed by atoms with E-state index in [9.17, 15) is 9.59 Å². The monoisotopic (exact) mass is 431 g/mol. The number of urea groups is 1. The smallest absolute Gasteiger partial charge is 0.338 e. The van der Waals surface area contributed by atoms with E-state index >= 15 is 0 Å². The number of rotatable bonds is 7. The average molecular weight is 432 g/mol. The molecular formula is C23H30ClN3O3. The topological polar surface area (TPSA) is 61.9 Å². The number of piperidine rings is 1. The van der Waals surface area contributed by atoms with Crippen LogP contribution in [0.4, 0.5) is 4.79 Å². The predicted octanol–water partition coefficient (Wildman–Crippen LogP) is 4.14. The molecular weight excluding hydrogens is 402 g/mol. The lowest BCUT2D eigenvalue weighted by Crippen LogP contribution is -2.51. The Morgan fingerprint density at radius 1 is 1.30 bits per heavy atom. The van der Waals surface area contributed by atoms with Crippen LogP contribution in [0.15, 0.2) is 48.2 Å². The van der Waals surface area contributed by atoms with Crippen LogP contribution in [0.25, 0.3) is 0 Å². The Labute approximate surface area is 183 Å². The van der Waals surface area contributed by atoms with Gasteiger partial charge in [0.2, 0.25) is 0 Å². The van der Waals surface area contributed by atoms with Gasteiger partial charge in [0.05, 0.1) is 18.2 Å². The lowest BCUT2D eigenvalue weighted by molar-refractivity contribution is -0.139. The number of nitrogens with one attached hydrogen (secondary N) is 1. The fourth-order valence-electron chi connectivity index (χ4n) is 3.98. The maximum Gasteiger partial charge on any atom is 0.338 e. The van der Waals surface area contributed by atoms with Gasteiger partial charge in [-0.15, -0.1) is 6.58 Å². The highest BCUT2D eigenvalue weighted by Crippen LogP contribution is 2.33. The number of hydrogen-bond acceptors (Lipinski definition) is 4. The minimum atomic E-state index is -0.589. The number of amides is 2. The van der Waals surface area contributed by atoms with Crippen molar-refractivity contribution in [3.63, 3.8) is 0 Å². The maximum atomic E-state index is 13.1. The molecule has 0 bridgehead atoms. The van der Waals surface area contributed by atoms with E-state index in [4.69, 9.17) is 16.3 Å². The molecule has 0 aliphatic carbocycles. The van der Waals surface area contributed by atoms with Crippen molar-refractivity contribution in [1.29, 1.82) is 0 Å². The van der Waals surface area contributed by atoms with Crippen molar-refractivity contribution >= 4 is 23.6 Å². The van der Waals surface area contributed by atoms with Gasteiger partial charge in [0.25, 0.3) is 0 Å². The maximum absolute atomic E-state index is 13.1. The SMILES string of the molecule is C=CCN1C(=O)NC(c2ccc(Cl)cc2)C(C(=O)OCC)=C1CN1CCC(C)CC1. The second kappa shape index (κ2) is 10.1. The first kappa shape index (κ1) is 22.4. The van der Waals surface area contributed by atoms with Gasteiger partial charge < -0.3 is 10.1 Å². The van der Waals surface area contributed by atoms with Gasteiger partial charge in [-0.3, -0.25) is 9.80 Å². The molecule has 162 valence electrons. The molecule has 6 nitrogen and oxygen atoms in total. The van der Waals surface area contributed by atoms with Gasteiger partial charge >= 0.3 is 12.0 Å². The third kappa shape index (κ3) is 5.05. The minimum Gasteiger partial charge on any atom is -0.463 e. The fraction of sp³-hybridized carbons (Fsp3) is 0.478. The number of carbonyl (C=O) groups is 2. The molecule has 1 aromatic carbocycles. The van der Waals surface area contributed by atoms with Crippen LogP contribution in [-0.4, -0.2) is 54.6 Å². The molecule has 0 saturated carbocycles. The molecule has 7 heteroatoms. The lowest BCUT2D eigenvalue weighted by atomic mass is 9.93. The molecule has 0 spiro atoms. The van der Waals surface area contributed by atoms with Gasteiger partial charge in [0.15, 0.2) is 0 Å². The lowest BCUT2D eigenvalue weighted by Gasteiger charge is -2.39. The quantitative estimate of drug-likeness (QED) is 0.520. The number of benzene rings is 1. The largest absolute Gasteiger partial charge is 0.463 e. The van der Waals surface area contributed by atoms with Crippen LogP contribution in [0.3, 0.4) is 0 Å². The molecule has 30 heavy (non-hydrogen) atoms. The molecule has 1 N–H and O–H groups in total. The molecule has 2 amide bonds. The summed E-state index contributed by atoms with van der Waals surface area (Å²) in [6.45, 7) is 10.8. The van der Waals surface area contributed by atoms with Gasteiger partial charge in [-0.2, -0.15) is 0 Å². The third-order valence-corrected chi connectivity index (χ3v) is 5.95. The summed E-state index contributed by atoms with van der Waals surface area (Å²) >= 11 is 6.04. The highest BCUT2D eigenvalue weighted by atomic mass is 35.5. The summed E-state index contributed by atoms with van der Waals surface area (Å²) in [5.74, 6) is 0.285. The molecule has 3 rings (SSSR count). The Bertz CT molecular complexity index is 813. The van der Waals surface area contributed by atoms with E-state index < -0.39 is 12.0 Å². The standard InChI is InChI=1S/C23H30ClN3O3/c1-4-12-27-19(15-26-13-10-16(3)11-14-26)20(22(28)30-5-2)21(25-23(27)29)17-6-8-18(24)9-7-17/h4,6-9,16,21H,1,5,10-15H2,2-3H3,(H,25,29). The number of halogens is 1. The van der Waals surface area contributed by atoms with Crippen LogP contribution in [0.1, 0.15) is 38.3 Å². The van der Waals surface area contributed by atoms with Crippen molar-refractivity contribution in [2.24, 2.45) is 5.92 Å². The molecule has 0 aromatic heterocycles. The van der Waals surface area contributed by atoms with Crippen LogP contribution in [-0.2, 0) is 9.53 Å². The number of nitrogens with zero attached hydrogens (tertiary/aromatic N) is 2. The summed E-state index contributed by atoms with van der Waals surface area (Å²) in [5, 5.41) is 3.57. The number of likely N-dealkylation sites (tertiary alicyclic amines) is 1. The van der Waals surface area contributed by atoms with Crippen molar-refractivity contribution in [2.75, 3.05) is 32.8 Å². The molecule has 1 saturated heterocycles. The highest BCUT2D eigenvalue weighted by molar-refractivity contribution is 6.30.